The van der Waals surface area contributed by atoms with Crippen molar-refractivity contribution in [2.45, 2.75) is 51.9 Å². The largest absolute Gasteiger partial charge is 0.366 e. The molecular formula is C24H33N3O2. The van der Waals surface area contributed by atoms with Gasteiger partial charge < -0.3 is 15.1 Å². The first kappa shape index (κ1) is 19.0. The molecule has 0 spiro atoms. The van der Waals surface area contributed by atoms with E-state index < -0.39 is 0 Å². The second kappa shape index (κ2) is 7.33. The molecule has 0 aromatic heterocycles. The first-order valence-corrected chi connectivity index (χ1v) is 11.4. The number of nitrogens with zero attached hydrogens (tertiary/aromatic N) is 2. The van der Waals surface area contributed by atoms with Gasteiger partial charge in [-0.25, -0.2) is 0 Å². The number of rotatable bonds is 4. The van der Waals surface area contributed by atoms with Gasteiger partial charge in [0.15, 0.2) is 0 Å². The van der Waals surface area contributed by atoms with Crippen molar-refractivity contribution in [3.05, 3.63) is 24.3 Å². The lowest BCUT2D eigenvalue weighted by Crippen LogP contribution is -2.48. The minimum Gasteiger partial charge on any atom is -0.366 e. The first-order chi connectivity index (χ1) is 14.0. The molecule has 4 bridgehead atoms. The lowest BCUT2D eigenvalue weighted by Gasteiger charge is -2.56. The molecule has 2 amide bonds. The highest BCUT2D eigenvalue weighted by atomic mass is 16.2. The van der Waals surface area contributed by atoms with Gasteiger partial charge in [-0.05, 0) is 73.8 Å². The van der Waals surface area contributed by atoms with Gasteiger partial charge >= 0.3 is 0 Å². The Morgan fingerprint density at radius 3 is 2.14 bits per heavy atom. The number of amides is 2. The summed E-state index contributed by atoms with van der Waals surface area (Å²) in [5, 5.41) is 3.26. The van der Waals surface area contributed by atoms with E-state index in [1.165, 1.54) is 38.5 Å². The summed E-state index contributed by atoms with van der Waals surface area (Å²) in [5.41, 5.74) is 2.26. The topological polar surface area (TPSA) is 52.7 Å². The Kier molecular flexibility index (Phi) is 4.79. The van der Waals surface area contributed by atoms with Gasteiger partial charge in [0.05, 0.1) is 11.4 Å². The highest BCUT2D eigenvalue weighted by molar-refractivity contribution is 5.94. The Hall–Kier alpha value is -2.04. The highest BCUT2D eigenvalue weighted by Crippen LogP contribution is 2.61. The number of anilines is 2. The third-order valence-electron chi connectivity index (χ3n) is 7.94. The number of para-hydroxylation sites is 2. The fourth-order valence-corrected chi connectivity index (χ4v) is 7.16. The van der Waals surface area contributed by atoms with E-state index in [1.54, 1.807) is 6.92 Å². The van der Waals surface area contributed by atoms with E-state index in [0.29, 0.717) is 6.42 Å². The zero-order chi connectivity index (χ0) is 20.0. The van der Waals surface area contributed by atoms with Gasteiger partial charge in [0.25, 0.3) is 0 Å². The van der Waals surface area contributed by atoms with E-state index in [4.69, 9.17) is 0 Å². The van der Waals surface area contributed by atoms with Crippen LogP contribution in [0.3, 0.4) is 0 Å². The van der Waals surface area contributed by atoms with E-state index >= 15 is 0 Å². The number of carbonyl (C=O) groups is 2. The number of carbonyl (C=O) groups excluding carboxylic acids is 2. The number of hydrogen-bond donors (Lipinski definition) is 1. The zero-order valence-corrected chi connectivity index (χ0v) is 17.5. The Labute approximate surface area is 173 Å². The summed E-state index contributed by atoms with van der Waals surface area (Å²) < 4.78 is 0. The van der Waals surface area contributed by atoms with Crippen LogP contribution in [-0.2, 0) is 9.59 Å². The predicted octanol–water partition coefficient (Wildman–Crippen LogP) is 3.90. The van der Waals surface area contributed by atoms with Gasteiger partial charge in [-0.3, -0.25) is 9.59 Å². The van der Waals surface area contributed by atoms with Crippen LogP contribution in [0.25, 0.3) is 0 Å². The maximum atomic E-state index is 13.1. The monoisotopic (exact) mass is 395 g/mol. The van der Waals surface area contributed by atoms with Gasteiger partial charge in [-0.15, -0.1) is 0 Å². The van der Waals surface area contributed by atoms with Crippen molar-refractivity contribution in [2.24, 2.45) is 23.2 Å². The minimum absolute atomic E-state index is 0.141. The molecule has 1 saturated heterocycles. The molecule has 4 aliphatic carbocycles. The van der Waals surface area contributed by atoms with E-state index in [1.807, 2.05) is 23.1 Å². The van der Waals surface area contributed by atoms with Crippen LogP contribution < -0.4 is 10.2 Å². The Morgan fingerprint density at radius 1 is 0.966 bits per heavy atom. The maximum Gasteiger partial charge on any atom is 0.224 e. The highest BCUT2D eigenvalue weighted by Gasteiger charge is 2.51. The second-order valence-electron chi connectivity index (χ2n) is 10.2. The van der Waals surface area contributed by atoms with Crippen LogP contribution in [0.15, 0.2) is 24.3 Å². The molecule has 0 atom stereocenters. The van der Waals surface area contributed by atoms with Crippen LogP contribution in [0.5, 0.6) is 0 Å². The average Bonchev–Trinajstić information content (AvgIpc) is 2.67. The number of nitrogens with one attached hydrogen (secondary N) is 1. The quantitative estimate of drug-likeness (QED) is 0.841. The van der Waals surface area contributed by atoms with Gasteiger partial charge in [-0.2, -0.15) is 0 Å². The van der Waals surface area contributed by atoms with Gasteiger partial charge in [0.1, 0.15) is 0 Å². The van der Waals surface area contributed by atoms with E-state index in [-0.39, 0.29) is 17.2 Å². The Bertz CT molecular complexity index is 762. The second-order valence-corrected chi connectivity index (χ2v) is 10.2. The molecule has 1 N–H and O–H groups in total. The summed E-state index contributed by atoms with van der Waals surface area (Å²) in [6, 6.07) is 8.13. The normalized spacial score (nSPS) is 33.1. The van der Waals surface area contributed by atoms with Crippen LogP contribution in [0.1, 0.15) is 51.9 Å². The Morgan fingerprint density at radius 2 is 1.55 bits per heavy atom. The molecule has 156 valence electrons. The van der Waals surface area contributed by atoms with Crippen molar-refractivity contribution >= 4 is 23.2 Å². The molecule has 0 unspecified atom stereocenters. The molecule has 1 aliphatic heterocycles. The number of hydrogen-bond acceptors (Lipinski definition) is 3. The molecule has 5 aliphatic rings. The first-order valence-electron chi connectivity index (χ1n) is 11.4. The fourth-order valence-electron chi connectivity index (χ4n) is 7.16. The van der Waals surface area contributed by atoms with Crippen molar-refractivity contribution in [1.29, 1.82) is 0 Å². The van der Waals surface area contributed by atoms with Crippen molar-refractivity contribution in [3.63, 3.8) is 0 Å². The average molecular weight is 396 g/mol. The van der Waals surface area contributed by atoms with Crippen molar-refractivity contribution in [3.8, 4) is 0 Å². The summed E-state index contributed by atoms with van der Waals surface area (Å²) in [6.45, 7) is 4.73. The van der Waals surface area contributed by atoms with Crippen LogP contribution in [0.2, 0.25) is 0 Å². The van der Waals surface area contributed by atoms with Gasteiger partial charge in [0, 0.05) is 39.5 Å². The van der Waals surface area contributed by atoms with E-state index in [0.717, 1.165) is 55.3 Å². The predicted molar refractivity (Wildman–Crippen MR) is 115 cm³/mol. The van der Waals surface area contributed by atoms with Crippen LogP contribution in [0, 0.1) is 23.2 Å². The molecule has 5 nitrogen and oxygen atoms in total. The van der Waals surface area contributed by atoms with Gasteiger partial charge in [0.2, 0.25) is 11.8 Å². The molecule has 5 heteroatoms. The molecule has 1 aromatic carbocycles. The van der Waals surface area contributed by atoms with E-state index in [2.05, 4.69) is 16.3 Å². The Balaban J connectivity index is 1.25. The third-order valence-corrected chi connectivity index (χ3v) is 7.94. The molecule has 0 radical (unpaired) electrons. The smallest absolute Gasteiger partial charge is 0.224 e. The fraction of sp³-hybridized carbons (Fsp3) is 0.667. The summed E-state index contributed by atoms with van der Waals surface area (Å²) in [6.07, 6.45) is 8.72. The van der Waals surface area contributed by atoms with Crippen molar-refractivity contribution < 1.29 is 9.59 Å². The number of piperazine rings is 1. The molecule has 1 aromatic rings. The number of benzene rings is 1. The van der Waals surface area contributed by atoms with Crippen LogP contribution in [-0.4, -0.2) is 42.9 Å². The third kappa shape index (κ3) is 3.76. The maximum absolute atomic E-state index is 13.1. The zero-order valence-electron chi connectivity index (χ0n) is 17.5. The molecule has 6 rings (SSSR count). The summed E-state index contributed by atoms with van der Waals surface area (Å²) in [4.78, 5) is 28.9. The summed E-state index contributed by atoms with van der Waals surface area (Å²) in [5.74, 6) is 2.94. The summed E-state index contributed by atoms with van der Waals surface area (Å²) in [7, 11) is 0. The molecular weight excluding hydrogens is 362 g/mol. The lowest BCUT2D eigenvalue weighted by molar-refractivity contribution is -0.129. The van der Waals surface area contributed by atoms with Crippen molar-refractivity contribution in [1.82, 2.24) is 4.90 Å². The van der Waals surface area contributed by atoms with Crippen molar-refractivity contribution in [2.75, 3.05) is 36.4 Å². The SMILES string of the molecule is CC(=O)N1CCN(c2ccccc2NC(=O)CC23CC4CC(CC(C4)C2)C3)CC1. The molecule has 29 heavy (non-hydrogen) atoms. The standard InChI is InChI=1S/C24H33N3O2/c1-17(28)26-6-8-27(9-7-26)22-5-3-2-4-21(22)25-23(29)16-24-13-18-10-19(14-24)12-20(11-18)15-24/h2-5,18-20H,6-16H2,1H3,(H,25,29). The van der Waals surface area contributed by atoms with Gasteiger partial charge in [-0.1, -0.05) is 12.1 Å². The lowest BCUT2D eigenvalue weighted by atomic mass is 9.49. The summed E-state index contributed by atoms with van der Waals surface area (Å²) >= 11 is 0. The molecule has 4 saturated carbocycles. The molecule has 1 heterocycles. The minimum atomic E-state index is 0.141. The molecule has 5 fully saturated rings. The van der Waals surface area contributed by atoms with Crippen LogP contribution in [0.4, 0.5) is 11.4 Å². The van der Waals surface area contributed by atoms with E-state index in [9.17, 15) is 9.59 Å². The van der Waals surface area contributed by atoms with Crippen LogP contribution >= 0.6 is 0 Å².